The van der Waals surface area contributed by atoms with E-state index in [0.29, 0.717) is 5.92 Å². The first kappa shape index (κ1) is 14.0. The summed E-state index contributed by atoms with van der Waals surface area (Å²) in [7, 11) is 0. The van der Waals surface area contributed by atoms with E-state index in [1.54, 1.807) is 0 Å². The predicted octanol–water partition coefficient (Wildman–Crippen LogP) is 3.49. The number of halogens is 1. The number of amides is 1. The first-order valence-electron chi connectivity index (χ1n) is 6.42. The number of alkyl halides is 1. The lowest BCUT2D eigenvalue weighted by Crippen LogP contribution is -2.47. The number of hydrogen-bond donors (Lipinski definition) is 1. The van der Waals surface area contributed by atoms with Gasteiger partial charge in [0.1, 0.15) is 0 Å². The molecule has 1 N–H and O–H groups in total. The largest absolute Gasteiger partial charge is 0.352 e. The molecule has 0 heterocycles. The molecule has 0 spiro atoms. The van der Waals surface area contributed by atoms with Gasteiger partial charge >= 0.3 is 0 Å². The average Bonchev–Trinajstić information content (AvgIpc) is 2.74. The van der Waals surface area contributed by atoms with E-state index in [2.05, 4.69) is 42.0 Å². The van der Waals surface area contributed by atoms with Crippen LogP contribution in [0.4, 0.5) is 0 Å². The Hall–Kier alpha value is -0.0500. The molecular formula is C13H24BrNO. The maximum atomic E-state index is 12.3. The molecule has 0 radical (unpaired) electrons. The zero-order chi connectivity index (χ0) is 12.2. The van der Waals surface area contributed by atoms with Gasteiger partial charge in [-0.1, -0.05) is 49.5 Å². The third kappa shape index (κ3) is 2.99. The van der Waals surface area contributed by atoms with Crippen molar-refractivity contribution in [2.75, 3.05) is 5.33 Å². The van der Waals surface area contributed by atoms with Crippen molar-refractivity contribution in [2.24, 2.45) is 11.3 Å². The van der Waals surface area contributed by atoms with Gasteiger partial charge in [0, 0.05) is 16.8 Å². The molecule has 0 aromatic carbocycles. The smallest absolute Gasteiger partial charge is 0.226 e. The molecule has 94 valence electrons. The second-order valence-corrected chi connectivity index (χ2v) is 5.97. The summed E-state index contributed by atoms with van der Waals surface area (Å²) in [6.07, 6.45) is 5.54. The molecule has 1 amide bonds. The molecule has 1 unspecified atom stereocenters. The molecule has 16 heavy (non-hydrogen) atoms. The zero-order valence-corrected chi connectivity index (χ0v) is 12.3. The van der Waals surface area contributed by atoms with Crippen molar-refractivity contribution in [3.63, 3.8) is 0 Å². The third-order valence-corrected chi connectivity index (χ3v) is 4.70. The molecule has 2 nitrogen and oxygen atoms in total. The second kappa shape index (κ2) is 6.04. The van der Waals surface area contributed by atoms with Crippen LogP contribution in [0, 0.1) is 11.3 Å². The Morgan fingerprint density at radius 2 is 1.94 bits per heavy atom. The molecule has 0 aromatic rings. The summed E-state index contributed by atoms with van der Waals surface area (Å²) in [4.78, 5) is 12.3. The molecule has 1 aliphatic rings. The lowest BCUT2D eigenvalue weighted by atomic mass is 9.82. The minimum absolute atomic E-state index is 0.0602. The highest BCUT2D eigenvalue weighted by Gasteiger charge is 2.39. The van der Waals surface area contributed by atoms with Crippen LogP contribution in [0.15, 0.2) is 0 Å². The maximum absolute atomic E-state index is 12.3. The van der Waals surface area contributed by atoms with Crippen molar-refractivity contribution in [2.45, 2.75) is 58.9 Å². The van der Waals surface area contributed by atoms with E-state index in [4.69, 9.17) is 0 Å². The van der Waals surface area contributed by atoms with Gasteiger partial charge in [-0.15, -0.1) is 0 Å². The van der Waals surface area contributed by atoms with Crippen molar-refractivity contribution >= 4 is 21.8 Å². The molecular weight excluding hydrogens is 266 g/mol. The van der Waals surface area contributed by atoms with Crippen LogP contribution in [0.1, 0.15) is 52.9 Å². The van der Waals surface area contributed by atoms with Crippen LogP contribution in [-0.4, -0.2) is 17.3 Å². The van der Waals surface area contributed by atoms with Crippen LogP contribution in [0.3, 0.4) is 0 Å². The van der Waals surface area contributed by atoms with Gasteiger partial charge in [-0.3, -0.25) is 4.79 Å². The van der Waals surface area contributed by atoms with E-state index in [1.807, 2.05) is 0 Å². The van der Waals surface area contributed by atoms with Crippen molar-refractivity contribution < 1.29 is 4.79 Å². The summed E-state index contributed by atoms with van der Waals surface area (Å²) in [5.74, 6) is 0.768. The zero-order valence-electron chi connectivity index (χ0n) is 10.7. The number of hydrogen-bond acceptors (Lipinski definition) is 1. The molecule has 1 aliphatic carbocycles. The van der Waals surface area contributed by atoms with Gasteiger partial charge in [0.2, 0.25) is 5.91 Å². The third-order valence-electron chi connectivity index (χ3n) is 4.01. The Kier molecular flexibility index (Phi) is 5.29. The van der Waals surface area contributed by atoms with Crippen molar-refractivity contribution in [1.82, 2.24) is 5.32 Å². The van der Waals surface area contributed by atoms with E-state index in [-0.39, 0.29) is 17.4 Å². The minimum atomic E-state index is -0.0602. The van der Waals surface area contributed by atoms with E-state index in [1.165, 1.54) is 12.8 Å². The van der Waals surface area contributed by atoms with Gasteiger partial charge in [0.25, 0.3) is 0 Å². The SMILES string of the molecule is CCC1(C(=O)NC(CBr)C(C)C)CCCC1. The van der Waals surface area contributed by atoms with Gasteiger partial charge in [-0.2, -0.15) is 0 Å². The Bertz CT molecular complexity index is 234. The quantitative estimate of drug-likeness (QED) is 0.772. The fourth-order valence-electron chi connectivity index (χ4n) is 2.50. The minimum Gasteiger partial charge on any atom is -0.352 e. The van der Waals surface area contributed by atoms with Crippen LogP contribution in [0.2, 0.25) is 0 Å². The van der Waals surface area contributed by atoms with Crippen LogP contribution in [0.5, 0.6) is 0 Å². The first-order valence-corrected chi connectivity index (χ1v) is 7.55. The number of nitrogens with one attached hydrogen (secondary N) is 1. The van der Waals surface area contributed by atoms with Gasteiger partial charge < -0.3 is 5.32 Å². The average molecular weight is 290 g/mol. The van der Waals surface area contributed by atoms with Crippen LogP contribution >= 0.6 is 15.9 Å². The molecule has 0 saturated heterocycles. The Morgan fingerprint density at radius 1 is 1.38 bits per heavy atom. The van der Waals surface area contributed by atoms with Crippen molar-refractivity contribution in [1.29, 1.82) is 0 Å². The molecule has 1 atom stereocenters. The summed E-state index contributed by atoms with van der Waals surface area (Å²) in [6, 6.07) is 0.261. The van der Waals surface area contributed by atoms with E-state index in [0.717, 1.165) is 24.6 Å². The molecule has 3 heteroatoms. The number of rotatable bonds is 5. The molecule has 1 rings (SSSR count). The molecule has 1 fully saturated rings. The summed E-state index contributed by atoms with van der Waals surface area (Å²) in [5, 5.41) is 4.06. The topological polar surface area (TPSA) is 29.1 Å². The molecule has 0 aromatic heterocycles. The summed E-state index contributed by atoms with van der Waals surface area (Å²) < 4.78 is 0. The van der Waals surface area contributed by atoms with Crippen LogP contribution < -0.4 is 5.32 Å². The van der Waals surface area contributed by atoms with Gasteiger partial charge in [-0.25, -0.2) is 0 Å². The Labute approximate surface area is 108 Å². The number of carbonyl (C=O) groups is 1. The fourth-order valence-corrected chi connectivity index (χ4v) is 3.41. The van der Waals surface area contributed by atoms with Crippen molar-refractivity contribution in [3.05, 3.63) is 0 Å². The van der Waals surface area contributed by atoms with Gasteiger partial charge in [0.05, 0.1) is 0 Å². The molecule has 0 bridgehead atoms. The standard InChI is InChI=1S/C13H24BrNO/c1-4-13(7-5-6-8-13)12(16)15-11(9-14)10(2)3/h10-11H,4-9H2,1-3H3,(H,15,16). The van der Waals surface area contributed by atoms with E-state index < -0.39 is 0 Å². The fraction of sp³-hybridized carbons (Fsp3) is 0.923. The summed E-state index contributed by atoms with van der Waals surface area (Å²) in [5.41, 5.74) is -0.0602. The van der Waals surface area contributed by atoms with Crippen molar-refractivity contribution in [3.8, 4) is 0 Å². The first-order chi connectivity index (χ1) is 7.55. The Balaban J connectivity index is 2.62. The highest BCUT2D eigenvalue weighted by Crippen LogP contribution is 2.41. The van der Waals surface area contributed by atoms with Crippen LogP contribution in [-0.2, 0) is 4.79 Å². The summed E-state index contributed by atoms with van der Waals surface area (Å²) in [6.45, 7) is 6.45. The summed E-state index contributed by atoms with van der Waals surface area (Å²) >= 11 is 3.48. The molecule has 0 aliphatic heterocycles. The maximum Gasteiger partial charge on any atom is 0.226 e. The molecule has 1 saturated carbocycles. The number of carbonyl (C=O) groups excluding carboxylic acids is 1. The lowest BCUT2D eigenvalue weighted by molar-refractivity contribution is -0.131. The highest BCUT2D eigenvalue weighted by atomic mass is 79.9. The van der Waals surface area contributed by atoms with E-state index in [9.17, 15) is 4.79 Å². The van der Waals surface area contributed by atoms with Crippen LogP contribution in [0.25, 0.3) is 0 Å². The normalized spacial score (nSPS) is 21.1. The van der Waals surface area contributed by atoms with Gasteiger partial charge in [0.15, 0.2) is 0 Å². The monoisotopic (exact) mass is 289 g/mol. The second-order valence-electron chi connectivity index (χ2n) is 5.32. The van der Waals surface area contributed by atoms with E-state index >= 15 is 0 Å². The van der Waals surface area contributed by atoms with Gasteiger partial charge in [-0.05, 0) is 25.2 Å². The predicted molar refractivity (Wildman–Crippen MR) is 71.8 cm³/mol. The highest BCUT2D eigenvalue weighted by molar-refractivity contribution is 9.09. The lowest BCUT2D eigenvalue weighted by Gasteiger charge is -2.30. The Morgan fingerprint density at radius 3 is 2.31 bits per heavy atom.